The maximum atomic E-state index is 10.9. The number of hydrogen-bond acceptors (Lipinski definition) is 13. The van der Waals surface area contributed by atoms with E-state index in [-0.39, 0.29) is 57.0 Å². The Hall–Kier alpha value is -2.92. The Labute approximate surface area is 321 Å². The number of esters is 2. The number of carboxylic acid groups (broad SMARTS) is 2. The van der Waals surface area contributed by atoms with Gasteiger partial charge in [-0.3, -0.25) is 19.2 Å². The Balaban J connectivity index is -0.000000644. The number of aliphatic hydroxyl groups is 7. The summed E-state index contributed by atoms with van der Waals surface area (Å²) in [6.45, 7) is 16.0. The van der Waals surface area contributed by atoms with Crippen LogP contribution in [0.1, 0.15) is 120 Å². The molecule has 0 bridgehead atoms. The van der Waals surface area contributed by atoms with Gasteiger partial charge >= 0.3 is 23.9 Å². The van der Waals surface area contributed by atoms with Gasteiger partial charge in [0, 0.05) is 19.3 Å². The van der Waals surface area contributed by atoms with Crippen LogP contribution >= 0.6 is 0 Å². The molecule has 0 aromatic rings. The van der Waals surface area contributed by atoms with Gasteiger partial charge in [-0.05, 0) is 42.9 Å². The predicted octanol–water partition coefficient (Wildman–Crippen LogP) is 3.38. The van der Waals surface area contributed by atoms with Crippen molar-refractivity contribution >= 4 is 23.9 Å². The van der Waals surface area contributed by atoms with Crippen molar-refractivity contribution in [1.82, 2.24) is 0 Å². The number of methoxy groups -OCH3 is 1. The van der Waals surface area contributed by atoms with E-state index in [9.17, 15) is 49.8 Å². The summed E-state index contributed by atoms with van der Waals surface area (Å²) in [5.74, 6) is -1.28. The second-order valence-electron chi connectivity index (χ2n) is 15.2. The van der Waals surface area contributed by atoms with Gasteiger partial charge in [-0.15, -0.1) is 0 Å². The Morgan fingerprint density at radius 2 is 1.09 bits per heavy atom. The summed E-state index contributed by atoms with van der Waals surface area (Å²) in [6.07, 6.45) is 3.31. The molecule has 15 heteroatoms. The van der Waals surface area contributed by atoms with Gasteiger partial charge in [0.2, 0.25) is 0 Å². The first kappa shape index (κ1) is 55.4. The number of rotatable bonds is 20. The van der Waals surface area contributed by atoms with Crippen LogP contribution in [0.3, 0.4) is 0 Å². The van der Waals surface area contributed by atoms with E-state index in [1.165, 1.54) is 7.11 Å². The minimum Gasteiger partial charge on any atom is -0.481 e. The summed E-state index contributed by atoms with van der Waals surface area (Å²) in [5, 5.41) is 81.8. The van der Waals surface area contributed by atoms with Crippen LogP contribution in [0.4, 0.5) is 0 Å². The number of aliphatic hydroxyl groups excluding tert-OH is 7. The first-order chi connectivity index (χ1) is 24.9. The molecule has 0 spiro atoms. The molecule has 1 fully saturated rings. The molecule has 0 aromatic carbocycles. The molecule has 0 radical (unpaired) electrons. The van der Waals surface area contributed by atoms with Crippen molar-refractivity contribution in [3.8, 4) is 0 Å². The van der Waals surface area contributed by atoms with E-state index in [1.54, 1.807) is 12.2 Å². The fourth-order valence-corrected chi connectivity index (χ4v) is 4.83. The fourth-order valence-electron chi connectivity index (χ4n) is 4.83. The van der Waals surface area contributed by atoms with Gasteiger partial charge in [0.1, 0.15) is 6.10 Å². The van der Waals surface area contributed by atoms with Gasteiger partial charge in [-0.2, -0.15) is 0 Å². The molecule has 8 atom stereocenters. The summed E-state index contributed by atoms with van der Waals surface area (Å²) in [6, 6.07) is 0. The SMILES string of the molecule is CC(C)/C=C/C(O)CC(O)CC(=O)O.CC(C)CC(O)CC(O)CC(=O)O.CC(C)CC1CC(O)CC(=O)O1.COC(=O)CC(O)CC(O)/C=C/C(C)C. The standard InChI is InChI=1S/C11H20O4.C10H18O4.C9H18O4.C9H16O3/c1-8(2)4-5-9(12)6-10(13)7-11(14)15-3;1-7(2)3-4-8(11)5-9(12)6-10(13)14;1-6(2)3-7(10)4-8(11)5-9(12)13;1-6(2)3-8-4-7(10)5-9(11)12-8/h4-5,8-10,12-13H,6-7H2,1-3H3;3-4,7-9,11-12H,5-6H2,1-2H3,(H,13,14);6-8,10-11H,3-5H2,1-2H3,(H,12,13);6-8,10H,3-5H2,1-2H3/b5-4+;4-3+;;. The van der Waals surface area contributed by atoms with Crippen LogP contribution in [0.15, 0.2) is 24.3 Å². The van der Waals surface area contributed by atoms with E-state index in [4.69, 9.17) is 20.1 Å². The second-order valence-corrected chi connectivity index (χ2v) is 15.2. The van der Waals surface area contributed by atoms with Crippen molar-refractivity contribution < 1.29 is 74.6 Å². The summed E-state index contributed by atoms with van der Waals surface area (Å²) in [4.78, 5) is 42.0. The van der Waals surface area contributed by atoms with Crippen LogP contribution in [0.25, 0.3) is 0 Å². The Morgan fingerprint density at radius 3 is 1.44 bits per heavy atom. The Bertz CT molecular complexity index is 1050. The van der Waals surface area contributed by atoms with Crippen LogP contribution in [-0.2, 0) is 28.7 Å². The highest BCUT2D eigenvalue weighted by atomic mass is 16.5. The van der Waals surface area contributed by atoms with Crippen molar-refractivity contribution in [2.24, 2.45) is 23.7 Å². The molecular formula is C39H72O15. The molecule has 318 valence electrons. The quantitative estimate of drug-likeness (QED) is 0.0633. The molecule has 1 rings (SSSR count). The van der Waals surface area contributed by atoms with Gasteiger partial charge < -0.3 is 55.4 Å². The number of ether oxygens (including phenoxy) is 2. The van der Waals surface area contributed by atoms with Crippen molar-refractivity contribution in [3.63, 3.8) is 0 Å². The smallest absolute Gasteiger partial charge is 0.308 e. The summed E-state index contributed by atoms with van der Waals surface area (Å²) < 4.78 is 9.47. The number of allylic oxidation sites excluding steroid dienone is 2. The zero-order valence-electron chi connectivity index (χ0n) is 33.8. The van der Waals surface area contributed by atoms with E-state index in [1.807, 2.05) is 53.7 Å². The van der Waals surface area contributed by atoms with Crippen LogP contribution in [-0.4, -0.2) is 126 Å². The number of cyclic esters (lactones) is 1. The van der Waals surface area contributed by atoms with Crippen molar-refractivity contribution in [2.45, 2.75) is 168 Å². The molecule has 9 N–H and O–H groups in total. The van der Waals surface area contributed by atoms with Crippen molar-refractivity contribution in [3.05, 3.63) is 24.3 Å². The van der Waals surface area contributed by atoms with Gasteiger partial charge in [0.25, 0.3) is 0 Å². The first-order valence-electron chi connectivity index (χ1n) is 18.7. The molecular weight excluding hydrogens is 708 g/mol. The van der Waals surface area contributed by atoms with E-state index < -0.39 is 60.6 Å². The fraction of sp³-hybridized carbons (Fsp3) is 0.795. The third-order valence-electron chi connectivity index (χ3n) is 7.17. The van der Waals surface area contributed by atoms with Crippen LogP contribution < -0.4 is 0 Å². The van der Waals surface area contributed by atoms with Gasteiger partial charge in [-0.25, -0.2) is 0 Å². The van der Waals surface area contributed by atoms with E-state index in [2.05, 4.69) is 18.6 Å². The highest BCUT2D eigenvalue weighted by Crippen LogP contribution is 2.20. The summed E-state index contributed by atoms with van der Waals surface area (Å²) >= 11 is 0. The van der Waals surface area contributed by atoms with E-state index >= 15 is 0 Å². The zero-order chi connectivity index (χ0) is 42.6. The lowest BCUT2D eigenvalue weighted by atomic mass is 9.98. The van der Waals surface area contributed by atoms with Crippen LogP contribution in [0.5, 0.6) is 0 Å². The number of aliphatic carboxylic acids is 2. The number of carbonyl (C=O) groups excluding carboxylic acids is 2. The second kappa shape index (κ2) is 32.3. The average molecular weight is 781 g/mol. The molecule has 0 aromatic heterocycles. The normalized spacial score (nSPS) is 19.1. The maximum Gasteiger partial charge on any atom is 0.308 e. The maximum absolute atomic E-state index is 10.9. The largest absolute Gasteiger partial charge is 0.481 e. The van der Waals surface area contributed by atoms with Crippen LogP contribution in [0, 0.1) is 23.7 Å². The highest BCUT2D eigenvalue weighted by molar-refractivity contribution is 5.71. The van der Waals surface area contributed by atoms with Crippen molar-refractivity contribution in [2.75, 3.05) is 7.11 Å². The molecule has 0 saturated carbocycles. The first-order valence-corrected chi connectivity index (χ1v) is 18.7. The molecule has 1 aliphatic rings. The van der Waals surface area contributed by atoms with E-state index in [0.717, 1.165) is 6.42 Å². The molecule has 1 saturated heterocycles. The number of hydrogen-bond donors (Lipinski definition) is 9. The molecule has 1 heterocycles. The molecule has 0 aliphatic carbocycles. The lowest BCUT2D eigenvalue weighted by Crippen LogP contribution is -2.33. The summed E-state index contributed by atoms with van der Waals surface area (Å²) in [5.41, 5.74) is 0. The minimum atomic E-state index is -1.06. The molecule has 0 amide bonds. The van der Waals surface area contributed by atoms with Gasteiger partial charge in [0.15, 0.2) is 0 Å². The molecule has 15 nitrogen and oxygen atoms in total. The molecule has 1 aliphatic heterocycles. The van der Waals surface area contributed by atoms with E-state index in [0.29, 0.717) is 36.5 Å². The van der Waals surface area contributed by atoms with Gasteiger partial charge in [-0.1, -0.05) is 79.7 Å². The monoisotopic (exact) mass is 780 g/mol. The molecule has 8 unspecified atom stereocenters. The Kier molecular flexibility index (Phi) is 33.2. The third-order valence-corrected chi connectivity index (χ3v) is 7.17. The Morgan fingerprint density at radius 1 is 0.667 bits per heavy atom. The third kappa shape index (κ3) is 40.3. The highest BCUT2D eigenvalue weighted by Gasteiger charge is 2.27. The lowest BCUT2D eigenvalue weighted by Gasteiger charge is -2.26. The van der Waals surface area contributed by atoms with Crippen molar-refractivity contribution in [1.29, 1.82) is 0 Å². The zero-order valence-corrected chi connectivity index (χ0v) is 33.8. The van der Waals surface area contributed by atoms with Crippen LogP contribution in [0.2, 0.25) is 0 Å². The average Bonchev–Trinajstić information content (AvgIpc) is 2.97. The lowest BCUT2D eigenvalue weighted by molar-refractivity contribution is -0.161. The molecule has 54 heavy (non-hydrogen) atoms. The number of carbonyl (C=O) groups is 4. The number of carboxylic acids is 2. The predicted molar refractivity (Wildman–Crippen MR) is 203 cm³/mol. The minimum absolute atomic E-state index is 0.0650. The topological polar surface area (TPSA) is 269 Å². The summed E-state index contributed by atoms with van der Waals surface area (Å²) in [7, 11) is 1.27. The van der Waals surface area contributed by atoms with Gasteiger partial charge in [0.05, 0.1) is 75.5 Å².